The summed E-state index contributed by atoms with van der Waals surface area (Å²) < 4.78 is 16.0. The first-order valence-corrected chi connectivity index (χ1v) is 10.4. The van der Waals surface area contributed by atoms with Crippen molar-refractivity contribution in [3.63, 3.8) is 0 Å². The summed E-state index contributed by atoms with van der Waals surface area (Å²) in [5.74, 6) is 1.61. The zero-order chi connectivity index (χ0) is 21.5. The lowest BCUT2D eigenvalue weighted by Gasteiger charge is -2.36. The molecule has 0 aromatic heterocycles. The second kappa shape index (κ2) is 13.4. The maximum absolute atomic E-state index is 12.7. The van der Waals surface area contributed by atoms with Gasteiger partial charge in [0.05, 0.1) is 21.3 Å². The molecule has 1 heterocycles. The molecule has 8 heteroatoms. The highest BCUT2D eigenvalue weighted by molar-refractivity contribution is 5.97. The van der Waals surface area contributed by atoms with Gasteiger partial charge in [-0.15, -0.1) is 24.8 Å². The molecule has 0 N–H and O–H groups in total. The summed E-state index contributed by atoms with van der Waals surface area (Å²) in [5, 5.41) is 0. The molecular formula is C24H34Cl2N2O4. The van der Waals surface area contributed by atoms with Gasteiger partial charge in [0.15, 0.2) is 17.3 Å². The van der Waals surface area contributed by atoms with Crippen LogP contribution in [-0.4, -0.2) is 64.7 Å². The molecule has 1 aliphatic rings. The molecule has 0 radical (unpaired) electrons. The fourth-order valence-electron chi connectivity index (χ4n) is 3.98. The van der Waals surface area contributed by atoms with Crippen molar-refractivity contribution in [3.8, 4) is 17.2 Å². The zero-order valence-electron chi connectivity index (χ0n) is 19.3. The molecular weight excluding hydrogens is 451 g/mol. The monoisotopic (exact) mass is 484 g/mol. The topological polar surface area (TPSA) is 51.2 Å². The quantitative estimate of drug-likeness (QED) is 0.482. The number of Topliss-reactive ketones (excluding diaryl/α,β-unsaturated/α-hetero) is 1. The third-order valence-electron chi connectivity index (χ3n) is 5.69. The van der Waals surface area contributed by atoms with E-state index in [-0.39, 0.29) is 30.6 Å². The number of para-hydroxylation sites is 1. The Morgan fingerprint density at radius 3 is 2.03 bits per heavy atom. The summed E-state index contributed by atoms with van der Waals surface area (Å²) in [6, 6.07) is 12.0. The first-order chi connectivity index (χ1) is 14.6. The number of ketones is 1. The molecule has 0 amide bonds. The van der Waals surface area contributed by atoms with Gasteiger partial charge in [-0.3, -0.25) is 9.69 Å². The van der Waals surface area contributed by atoms with Crippen LogP contribution in [0.3, 0.4) is 0 Å². The number of carbonyl (C=O) groups excluding carboxylic acids is 1. The predicted octanol–water partition coefficient (Wildman–Crippen LogP) is 4.65. The summed E-state index contributed by atoms with van der Waals surface area (Å²) in [5.41, 5.74) is 3.24. The Labute approximate surface area is 203 Å². The van der Waals surface area contributed by atoms with E-state index in [4.69, 9.17) is 14.2 Å². The van der Waals surface area contributed by atoms with Crippen LogP contribution < -0.4 is 19.1 Å². The fourth-order valence-corrected chi connectivity index (χ4v) is 3.98. The van der Waals surface area contributed by atoms with E-state index in [0.717, 1.165) is 39.1 Å². The number of halogens is 2. The van der Waals surface area contributed by atoms with Crippen LogP contribution >= 0.6 is 24.8 Å². The second-order valence-corrected chi connectivity index (χ2v) is 7.56. The Balaban J connectivity index is 0.00000256. The largest absolute Gasteiger partial charge is 0.493 e. The number of methoxy groups -OCH3 is 3. The van der Waals surface area contributed by atoms with Gasteiger partial charge in [0.25, 0.3) is 0 Å². The van der Waals surface area contributed by atoms with Gasteiger partial charge in [0.2, 0.25) is 5.75 Å². The minimum Gasteiger partial charge on any atom is -0.493 e. The molecule has 2 aromatic rings. The van der Waals surface area contributed by atoms with Crippen molar-refractivity contribution in [2.24, 2.45) is 0 Å². The minimum atomic E-state index is 0. The maximum atomic E-state index is 12.7. The van der Waals surface area contributed by atoms with Crippen molar-refractivity contribution in [2.45, 2.75) is 19.8 Å². The average molecular weight is 485 g/mol. The number of hydrogen-bond acceptors (Lipinski definition) is 6. The minimum absolute atomic E-state index is 0. The number of anilines is 1. The van der Waals surface area contributed by atoms with Gasteiger partial charge < -0.3 is 19.1 Å². The maximum Gasteiger partial charge on any atom is 0.203 e. The van der Waals surface area contributed by atoms with Crippen LogP contribution in [0.25, 0.3) is 0 Å². The number of nitrogens with zero attached hydrogens (tertiary/aromatic N) is 2. The first kappa shape index (κ1) is 27.9. The number of hydrogen-bond donors (Lipinski definition) is 0. The molecule has 6 nitrogen and oxygen atoms in total. The zero-order valence-corrected chi connectivity index (χ0v) is 20.9. The van der Waals surface area contributed by atoms with E-state index in [0.29, 0.717) is 29.2 Å². The highest BCUT2D eigenvalue weighted by Crippen LogP contribution is 2.38. The Hall–Kier alpha value is -2.15. The van der Waals surface area contributed by atoms with Crippen LogP contribution in [0.2, 0.25) is 0 Å². The number of piperazine rings is 1. The highest BCUT2D eigenvalue weighted by Gasteiger charge is 2.20. The molecule has 0 saturated carbocycles. The number of carbonyl (C=O) groups is 1. The van der Waals surface area contributed by atoms with Crippen molar-refractivity contribution >= 4 is 36.3 Å². The van der Waals surface area contributed by atoms with Gasteiger partial charge in [0, 0.05) is 43.9 Å². The normalized spacial score (nSPS) is 13.6. The third kappa shape index (κ3) is 6.67. The molecule has 0 bridgehead atoms. The molecule has 2 aromatic carbocycles. The molecule has 0 atom stereocenters. The second-order valence-electron chi connectivity index (χ2n) is 7.56. The summed E-state index contributed by atoms with van der Waals surface area (Å²) in [7, 11) is 4.67. The van der Waals surface area contributed by atoms with Gasteiger partial charge in [0.1, 0.15) is 0 Å². The Morgan fingerprint density at radius 2 is 1.50 bits per heavy atom. The van der Waals surface area contributed by atoms with Gasteiger partial charge in [-0.1, -0.05) is 18.2 Å². The lowest BCUT2D eigenvalue weighted by atomic mass is 10.0. The molecule has 178 valence electrons. The molecule has 1 saturated heterocycles. The highest BCUT2D eigenvalue weighted by atomic mass is 35.5. The van der Waals surface area contributed by atoms with E-state index in [9.17, 15) is 4.79 Å². The third-order valence-corrected chi connectivity index (χ3v) is 5.69. The molecule has 1 aliphatic heterocycles. The van der Waals surface area contributed by atoms with Crippen LogP contribution in [0.5, 0.6) is 17.2 Å². The molecule has 0 aliphatic carbocycles. The van der Waals surface area contributed by atoms with Crippen LogP contribution in [0.15, 0.2) is 36.4 Å². The van der Waals surface area contributed by atoms with Gasteiger partial charge in [-0.25, -0.2) is 0 Å². The Morgan fingerprint density at radius 1 is 0.906 bits per heavy atom. The van der Waals surface area contributed by atoms with E-state index in [1.54, 1.807) is 33.5 Å². The van der Waals surface area contributed by atoms with Gasteiger partial charge in [-0.2, -0.15) is 0 Å². The van der Waals surface area contributed by atoms with E-state index < -0.39 is 0 Å². The van der Waals surface area contributed by atoms with Crippen molar-refractivity contribution in [2.75, 3.05) is 59.0 Å². The fraction of sp³-hybridized carbons (Fsp3) is 0.458. The van der Waals surface area contributed by atoms with E-state index >= 15 is 0 Å². The van der Waals surface area contributed by atoms with Gasteiger partial charge in [-0.05, 0) is 43.7 Å². The van der Waals surface area contributed by atoms with Crippen molar-refractivity contribution in [3.05, 3.63) is 47.5 Å². The Bertz CT molecular complexity index is 846. The van der Waals surface area contributed by atoms with Crippen molar-refractivity contribution < 1.29 is 19.0 Å². The van der Waals surface area contributed by atoms with Crippen molar-refractivity contribution in [1.82, 2.24) is 4.90 Å². The number of aryl methyl sites for hydroxylation is 1. The number of ether oxygens (including phenoxy) is 3. The molecule has 1 fully saturated rings. The SMILES string of the molecule is COc1cc(C(=O)CCCN2CCN(c3ccccc3C)CC2)cc(OC)c1OC.Cl.Cl. The number of benzene rings is 2. The molecule has 0 spiro atoms. The smallest absolute Gasteiger partial charge is 0.203 e. The van der Waals surface area contributed by atoms with Crippen LogP contribution in [0.4, 0.5) is 5.69 Å². The Kier molecular flexibility index (Phi) is 11.7. The average Bonchev–Trinajstić information content (AvgIpc) is 2.78. The van der Waals surface area contributed by atoms with Crippen LogP contribution in [0.1, 0.15) is 28.8 Å². The summed E-state index contributed by atoms with van der Waals surface area (Å²) in [6.07, 6.45) is 1.33. The standard InChI is InChI=1S/C24H32N2O4.2ClH/c1-18-8-5-6-9-20(18)26-14-12-25(13-15-26)11-7-10-21(27)19-16-22(28-2)24(30-4)23(17-19)29-3;;/h5-6,8-9,16-17H,7,10-15H2,1-4H3;2*1H. The lowest BCUT2D eigenvalue weighted by Crippen LogP contribution is -2.46. The van der Waals surface area contributed by atoms with Crippen molar-refractivity contribution in [1.29, 1.82) is 0 Å². The predicted molar refractivity (Wildman–Crippen MR) is 134 cm³/mol. The molecule has 32 heavy (non-hydrogen) atoms. The van der Waals surface area contributed by atoms with E-state index in [1.165, 1.54) is 11.3 Å². The van der Waals surface area contributed by atoms with Gasteiger partial charge >= 0.3 is 0 Å². The lowest BCUT2D eigenvalue weighted by molar-refractivity contribution is 0.0973. The van der Waals surface area contributed by atoms with Crippen LogP contribution in [0, 0.1) is 6.92 Å². The molecule has 0 unspecified atom stereocenters. The van der Waals surface area contributed by atoms with E-state index in [2.05, 4.69) is 41.0 Å². The first-order valence-electron chi connectivity index (χ1n) is 10.4. The summed E-state index contributed by atoms with van der Waals surface area (Å²) in [4.78, 5) is 17.6. The van der Waals surface area contributed by atoms with E-state index in [1.807, 2.05) is 0 Å². The summed E-state index contributed by atoms with van der Waals surface area (Å²) >= 11 is 0. The van der Waals surface area contributed by atoms with Crippen LogP contribution in [-0.2, 0) is 0 Å². The summed E-state index contributed by atoms with van der Waals surface area (Å²) in [6.45, 7) is 7.17. The molecule has 3 rings (SSSR count). The number of rotatable bonds is 9.